The highest BCUT2D eigenvalue weighted by molar-refractivity contribution is 7.10. The molecule has 0 spiro atoms. The summed E-state index contributed by atoms with van der Waals surface area (Å²) in [4.78, 5) is 0.821. The van der Waals surface area contributed by atoms with Crippen LogP contribution in [0.5, 0.6) is 0 Å². The van der Waals surface area contributed by atoms with Crippen LogP contribution < -0.4 is 5.32 Å². The fourth-order valence-electron chi connectivity index (χ4n) is 1.92. The summed E-state index contributed by atoms with van der Waals surface area (Å²) in [6.07, 6.45) is 0. The lowest BCUT2D eigenvalue weighted by molar-refractivity contribution is 0.501. The Kier molecular flexibility index (Phi) is 3.73. The zero-order valence-electron chi connectivity index (χ0n) is 9.93. The number of hydrogen-bond acceptors (Lipinski definition) is 2. The quantitative estimate of drug-likeness (QED) is 0.895. The van der Waals surface area contributed by atoms with Gasteiger partial charge >= 0.3 is 0 Å². The molecule has 1 aromatic carbocycles. The van der Waals surface area contributed by atoms with E-state index in [-0.39, 0.29) is 5.56 Å². The number of thiophene rings is 1. The molecule has 1 N–H and O–H groups in total. The Bertz CT molecular complexity index is 542. The van der Waals surface area contributed by atoms with Crippen LogP contribution in [0.25, 0.3) is 0 Å². The fourth-order valence-corrected chi connectivity index (χ4v) is 2.96. The van der Waals surface area contributed by atoms with Crippen LogP contribution in [0.4, 0.5) is 13.2 Å². The Balaban J connectivity index is 2.56. The number of aryl methyl sites for hydroxylation is 1. The molecule has 18 heavy (non-hydrogen) atoms. The summed E-state index contributed by atoms with van der Waals surface area (Å²) in [7, 11) is 1.62. The molecular weight excluding hydrogens is 259 g/mol. The largest absolute Gasteiger partial charge is 0.308 e. The lowest BCUT2D eigenvalue weighted by Gasteiger charge is -2.18. The van der Waals surface area contributed by atoms with Crippen LogP contribution in [0.15, 0.2) is 23.6 Å². The van der Waals surface area contributed by atoms with Crippen molar-refractivity contribution in [2.24, 2.45) is 0 Å². The Morgan fingerprint density at radius 1 is 1.17 bits per heavy atom. The van der Waals surface area contributed by atoms with Crippen LogP contribution in [0.3, 0.4) is 0 Å². The van der Waals surface area contributed by atoms with E-state index in [4.69, 9.17) is 0 Å². The van der Waals surface area contributed by atoms with E-state index in [9.17, 15) is 13.2 Å². The third-order valence-corrected chi connectivity index (χ3v) is 3.87. The molecule has 2 aromatic rings. The molecule has 0 amide bonds. The molecule has 1 nitrogen and oxygen atoms in total. The van der Waals surface area contributed by atoms with Crippen molar-refractivity contribution in [2.75, 3.05) is 7.05 Å². The van der Waals surface area contributed by atoms with Crippen LogP contribution in [-0.2, 0) is 0 Å². The van der Waals surface area contributed by atoms with E-state index in [0.717, 1.165) is 10.4 Å². The fraction of sp³-hybridized carbons (Fsp3) is 0.231. The van der Waals surface area contributed by atoms with Gasteiger partial charge in [-0.3, -0.25) is 0 Å². The first kappa shape index (κ1) is 13.1. The maximum atomic E-state index is 13.8. The molecule has 0 saturated carbocycles. The molecule has 0 radical (unpaired) electrons. The molecular formula is C13H12F3NS. The van der Waals surface area contributed by atoms with Gasteiger partial charge in [0, 0.05) is 22.6 Å². The minimum atomic E-state index is -0.911. The van der Waals surface area contributed by atoms with Gasteiger partial charge in [-0.15, -0.1) is 11.3 Å². The van der Waals surface area contributed by atoms with Gasteiger partial charge in [-0.05, 0) is 31.0 Å². The molecule has 0 aliphatic heterocycles. The third-order valence-electron chi connectivity index (χ3n) is 2.79. The van der Waals surface area contributed by atoms with Crippen LogP contribution in [0.2, 0.25) is 0 Å². The van der Waals surface area contributed by atoms with Crippen LogP contribution in [0.1, 0.15) is 22.0 Å². The molecule has 1 heterocycles. The molecule has 96 valence electrons. The molecule has 0 fully saturated rings. The second kappa shape index (κ2) is 5.12. The molecule has 2 rings (SSSR count). The summed E-state index contributed by atoms with van der Waals surface area (Å²) in [6.45, 7) is 1.87. The van der Waals surface area contributed by atoms with Gasteiger partial charge in [0.25, 0.3) is 0 Å². The van der Waals surface area contributed by atoms with E-state index in [2.05, 4.69) is 5.32 Å². The van der Waals surface area contributed by atoms with Crippen LogP contribution >= 0.6 is 11.3 Å². The average molecular weight is 271 g/mol. The number of hydrogen-bond donors (Lipinski definition) is 1. The van der Waals surface area contributed by atoms with E-state index >= 15 is 0 Å². The molecule has 1 aromatic heterocycles. The lowest BCUT2D eigenvalue weighted by Crippen LogP contribution is -2.20. The van der Waals surface area contributed by atoms with E-state index in [1.165, 1.54) is 11.3 Å². The summed E-state index contributed by atoms with van der Waals surface area (Å²) in [5.41, 5.74) is 0.798. The Morgan fingerprint density at radius 2 is 1.78 bits per heavy atom. The lowest BCUT2D eigenvalue weighted by atomic mass is 10.0. The van der Waals surface area contributed by atoms with Gasteiger partial charge in [0.05, 0.1) is 6.04 Å². The van der Waals surface area contributed by atoms with Crippen molar-refractivity contribution in [3.05, 3.63) is 57.0 Å². The van der Waals surface area contributed by atoms with E-state index < -0.39 is 23.5 Å². The average Bonchev–Trinajstić information content (AvgIpc) is 2.69. The van der Waals surface area contributed by atoms with Crippen molar-refractivity contribution in [1.82, 2.24) is 5.32 Å². The summed E-state index contributed by atoms with van der Waals surface area (Å²) < 4.78 is 40.4. The first-order chi connectivity index (χ1) is 8.54. The second-order valence-electron chi connectivity index (χ2n) is 3.97. The first-order valence-electron chi connectivity index (χ1n) is 5.40. The third kappa shape index (κ3) is 2.28. The smallest absolute Gasteiger partial charge is 0.134 e. The van der Waals surface area contributed by atoms with Crippen molar-refractivity contribution >= 4 is 11.3 Å². The van der Waals surface area contributed by atoms with Gasteiger partial charge < -0.3 is 5.32 Å². The van der Waals surface area contributed by atoms with Gasteiger partial charge in [0.2, 0.25) is 0 Å². The molecule has 1 unspecified atom stereocenters. The Labute approximate surface area is 107 Å². The first-order valence-corrected chi connectivity index (χ1v) is 6.28. The maximum absolute atomic E-state index is 13.8. The predicted molar refractivity (Wildman–Crippen MR) is 66.3 cm³/mol. The molecule has 0 aliphatic carbocycles. The molecule has 5 heteroatoms. The van der Waals surface area contributed by atoms with Crippen molar-refractivity contribution in [3.8, 4) is 0 Å². The van der Waals surface area contributed by atoms with Crippen LogP contribution in [-0.4, -0.2) is 7.05 Å². The van der Waals surface area contributed by atoms with E-state index in [1.54, 1.807) is 7.05 Å². The van der Waals surface area contributed by atoms with Crippen molar-refractivity contribution in [2.45, 2.75) is 13.0 Å². The SMILES string of the molecule is CNC(c1sccc1C)c1c(F)cc(F)cc1F. The molecule has 0 saturated heterocycles. The minimum Gasteiger partial charge on any atom is -0.308 e. The topological polar surface area (TPSA) is 12.0 Å². The number of halogens is 3. The highest BCUT2D eigenvalue weighted by atomic mass is 32.1. The van der Waals surface area contributed by atoms with Gasteiger partial charge in [0.15, 0.2) is 0 Å². The second-order valence-corrected chi connectivity index (χ2v) is 4.92. The van der Waals surface area contributed by atoms with Crippen molar-refractivity contribution in [3.63, 3.8) is 0 Å². The van der Waals surface area contributed by atoms with E-state index in [0.29, 0.717) is 12.1 Å². The van der Waals surface area contributed by atoms with Gasteiger partial charge in [-0.1, -0.05) is 0 Å². The highest BCUT2D eigenvalue weighted by Gasteiger charge is 2.23. The standard InChI is InChI=1S/C13H12F3NS/c1-7-3-4-18-13(7)12(17-2)11-9(15)5-8(14)6-10(11)16/h3-6,12,17H,1-2H3. The summed E-state index contributed by atoms with van der Waals surface area (Å²) in [5.74, 6) is -2.66. The van der Waals surface area contributed by atoms with Gasteiger partial charge in [0.1, 0.15) is 17.5 Å². The van der Waals surface area contributed by atoms with Gasteiger partial charge in [-0.25, -0.2) is 13.2 Å². The van der Waals surface area contributed by atoms with Gasteiger partial charge in [-0.2, -0.15) is 0 Å². The molecule has 0 aliphatic rings. The number of rotatable bonds is 3. The molecule has 0 bridgehead atoms. The summed E-state index contributed by atoms with van der Waals surface area (Å²) in [5, 5.41) is 4.73. The molecule has 1 atom stereocenters. The highest BCUT2D eigenvalue weighted by Crippen LogP contribution is 2.32. The normalized spacial score (nSPS) is 12.7. The zero-order valence-corrected chi connectivity index (χ0v) is 10.7. The van der Waals surface area contributed by atoms with Crippen molar-refractivity contribution in [1.29, 1.82) is 0 Å². The maximum Gasteiger partial charge on any atom is 0.134 e. The number of benzene rings is 1. The monoisotopic (exact) mass is 271 g/mol. The Morgan fingerprint density at radius 3 is 2.22 bits per heavy atom. The summed E-state index contributed by atoms with van der Waals surface area (Å²) >= 11 is 1.41. The van der Waals surface area contributed by atoms with E-state index in [1.807, 2.05) is 18.4 Å². The predicted octanol–water partition coefficient (Wildman–Crippen LogP) is 3.78. The van der Waals surface area contributed by atoms with Crippen LogP contribution in [0, 0.1) is 24.4 Å². The minimum absolute atomic E-state index is 0.149. The number of nitrogens with one attached hydrogen (secondary N) is 1. The van der Waals surface area contributed by atoms with Crippen molar-refractivity contribution < 1.29 is 13.2 Å². The zero-order chi connectivity index (χ0) is 13.3. The summed E-state index contributed by atoms with van der Waals surface area (Å²) in [6, 6.07) is 2.67. The Hall–Kier alpha value is -1.33.